The summed E-state index contributed by atoms with van der Waals surface area (Å²) in [5.74, 6) is 0.681. The lowest BCUT2D eigenvalue weighted by molar-refractivity contribution is 0.409. The zero-order valence-electron chi connectivity index (χ0n) is 11.0. The van der Waals surface area contributed by atoms with Crippen molar-refractivity contribution in [2.45, 2.75) is 37.3 Å². The van der Waals surface area contributed by atoms with Crippen molar-refractivity contribution < 1.29 is 8.42 Å². The maximum Gasteiger partial charge on any atom is 0.259 e. The van der Waals surface area contributed by atoms with Crippen molar-refractivity contribution in [2.75, 3.05) is 13.1 Å². The molecule has 1 atom stereocenters. The summed E-state index contributed by atoms with van der Waals surface area (Å²) in [4.78, 5) is 4.04. The summed E-state index contributed by atoms with van der Waals surface area (Å²) >= 11 is 0. The van der Waals surface area contributed by atoms with Crippen molar-refractivity contribution in [3.63, 3.8) is 0 Å². The quantitative estimate of drug-likeness (QED) is 0.818. The number of nitrogens with one attached hydrogen (secondary N) is 2. The Morgan fingerprint density at radius 1 is 1.61 bits per heavy atom. The highest BCUT2D eigenvalue weighted by Crippen LogP contribution is 2.18. The van der Waals surface area contributed by atoms with Gasteiger partial charge in [-0.1, -0.05) is 0 Å². The van der Waals surface area contributed by atoms with Crippen molar-refractivity contribution in [3.05, 3.63) is 12.0 Å². The van der Waals surface area contributed by atoms with E-state index >= 15 is 0 Å². The molecule has 7 heteroatoms. The molecule has 2 N–H and O–H groups in total. The van der Waals surface area contributed by atoms with E-state index in [1.54, 1.807) is 18.5 Å². The van der Waals surface area contributed by atoms with E-state index < -0.39 is 10.0 Å². The van der Waals surface area contributed by atoms with Crippen LogP contribution < -0.4 is 10.0 Å². The van der Waals surface area contributed by atoms with Crippen LogP contribution in [0.1, 0.15) is 25.6 Å². The number of hydrogen-bond acceptors (Lipinski definition) is 4. The van der Waals surface area contributed by atoms with Gasteiger partial charge in [0.1, 0.15) is 5.82 Å². The Labute approximate surface area is 108 Å². The third-order valence-corrected chi connectivity index (χ3v) is 4.74. The number of aryl methyl sites for hydroxylation is 2. The van der Waals surface area contributed by atoms with Gasteiger partial charge in [0.2, 0.25) is 0 Å². The van der Waals surface area contributed by atoms with Gasteiger partial charge < -0.3 is 9.88 Å². The molecule has 2 heterocycles. The highest BCUT2D eigenvalue weighted by Gasteiger charge is 2.30. The topological polar surface area (TPSA) is 76.0 Å². The van der Waals surface area contributed by atoms with E-state index in [0.29, 0.717) is 12.4 Å². The predicted molar refractivity (Wildman–Crippen MR) is 68.8 cm³/mol. The number of sulfonamides is 1. The molecule has 1 aliphatic rings. The van der Waals surface area contributed by atoms with Gasteiger partial charge >= 0.3 is 0 Å². The number of nitrogens with zero attached hydrogens (tertiary/aromatic N) is 2. The first-order chi connectivity index (χ1) is 8.32. The molecule has 1 aliphatic heterocycles. The van der Waals surface area contributed by atoms with Crippen LogP contribution in [-0.2, 0) is 17.1 Å². The molecule has 1 aromatic heterocycles. The van der Waals surface area contributed by atoms with Crippen molar-refractivity contribution in [2.24, 2.45) is 7.05 Å². The van der Waals surface area contributed by atoms with E-state index in [-0.39, 0.29) is 10.6 Å². The van der Waals surface area contributed by atoms with Gasteiger partial charge in [-0.25, -0.2) is 18.1 Å². The molecule has 1 saturated heterocycles. The monoisotopic (exact) mass is 272 g/mol. The van der Waals surface area contributed by atoms with Crippen LogP contribution in [0.25, 0.3) is 0 Å². The van der Waals surface area contributed by atoms with Crippen LogP contribution in [0.2, 0.25) is 0 Å². The van der Waals surface area contributed by atoms with Crippen molar-refractivity contribution >= 4 is 10.0 Å². The Morgan fingerprint density at radius 2 is 2.33 bits per heavy atom. The molecule has 0 amide bonds. The largest absolute Gasteiger partial charge is 0.337 e. The minimum atomic E-state index is -3.51. The molecule has 18 heavy (non-hydrogen) atoms. The summed E-state index contributed by atoms with van der Waals surface area (Å²) in [6.45, 7) is 5.15. The maximum absolute atomic E-state index is 12.1. The molecule has 0 radical (unpaired) electrons. The van der Waals surface area contributed by atoms with E-state index in [0.717, 1.165) is 19.4 Å². The Bertz CT molecular complexity index is 510. The molecule has 1 unspecified atom stereocenters. The number of aromatic nitrogens is 2. The lowest BCUT2D eigenvalue weighted by Gasteiger charge is -2.24. The third-order valence-electron chi connectivity index (χ3n) is 3.47. The minimum absolute atomic E-state index is 0.0871. The first kappa shape index (κ1) is 13.5. The smallest absolute Gasteiger partial charge is 0.259 e. The number of imidazole rings is 1. The summed E-state index contributed by atoms with van der Waals surface area (Å²) in [6.07, 6.45) is 3.60. The first-order valence-corrected chi connectivity index (χ1v) is 7.55. The highest BCUT2D eigenvalue weighted by molar-refractivity contribution is 7.89. The summed E-state index contributed by atoms with van der Waals surface area (Å²) in [5, 5.41) is 3.41. The first-order valence-electron chi connectivity index (χ1n) is 6.07. The zero-order chi connectivity index (χ0) is 13.4. The van der Waals surface area contributed by atoms with E-state index in [1.807, 2.05) is 6.92 Å². The number of rotatable bonds is 4. The van der Waals surface area contributed by atoms with Crippen LogP contribution in [-0.4, -0.2) is 36.6 Å². The van der Waals surface area contributed by atoms with Gasteiger partial charge in [0.05, 0.1) is 0 Å². The van der Waals surface area contributed by atoms with Crippen LogP contribution in [0.15, 0.2) is 11.2 Å². The number of hydrogen-bond donors (Lipinski definition) is 2. The van der Waals surface area contributed by atoms with Crippen molar-refractivity contribution in [1.29, 1.82) is 0 Å². The SMILES string of the molecule is Cc1nc(S(=O)(=O)NCC2(C)CCCN2)cn1C. The lowest BCUT2D eigenvalue weighted by Crippen LogP contribution is -2.47. The van der Waals surface area contributed by atoms with E-state index in [2.05, 4.69) is 15.0 Å². The molecule has 1 fully saturated rings. The normalized spacial score (nSPS) is 24.6. The van der Waals surface area contributed by atoms with E-state index in [1.165, 1.54) is 6.20 Å². The molecule has 6 nitrogen and oxygen atoms in total. The molecule has 0 saturated carbocycles. The van der Waals surface area contributed by atoms with Gasteiger partial charge in [0.15, 0.2) is 5.03 Å². The molecular weight excluding hydrogens is 252 g/mol. The fourth-order valence-corrected chi connectivity index (χ4v) is 3.30. The average molecular weight is 272 g/mol. The summed E-state index contributed by atoms with van der Waals surface area (Å²) in [6, 6.07) is 0. The minimum Gasteiger partial charge on any atom is -0.337 e. The van der Waals surface area contributed by atoms with E-state index in [4.69, 9.17) is 0 Å². The standard InChI is InChI=1S/C11H20N4O2S/c1-9-14-10(7-15(9)3)18(16,17)13-8-11(2)5-4-6-12-11/h7,12-13H,4-6,8H2,1-3H3. The summed E-state index contributed by atoms with van der Waals surface area (Å²) in [7, 11) is -1.73. The summed E-state index contributed by atoms with van der Waals surface area (Å²) < 4.78 is 28.5. The maximum atomic E-state index is 12.1. The third kappa shape index (κ3) is 2.73. The molecule has 0 spiro atoms. The molecule has 1 aromatic rings. The van der Waals surface area contributed by atoms with Crippen LogP contribution >= 0.6 is 0 Å². The van der Waals surface area contributed by atoms with Crippen LogP contribution in [0.5, 0.6) is 0 Å². The van der Waals surface area contributed by atoms with Gasteiger partial charge in [-0.2, -0.15) is 0 Å². The second-order valence-electron chi connectivity index (χ2n) is 5.15. The van der Waals surface area contributed by atoms with Gasteiger partial charge in [-0.3, -0.25) is 0 Å². The van der Waals surface area contributed by atoms with Gasteiger partial charge in [-0.05, 0) is 33.2 Å². The Kier molecular flexibility index (Phi) is 3.48. The fraction of sp³-hybridized carbons (Fsp3) is 0.727. The Hall–Kier alpha value is -0.920. The predicted octanol–water partition coefficient (Wildman–Crippen LogP) is 0.149. The molecule has 0 bridgehead atoms. The van der Waals surface area contributed by atoms with Crippen molar-refractivity contribution in [3.8, 4) is 0 Å². The van der Waals surface area contributed by atoms with Gasteiger partial charge in [0, 0.05) is 25.3 Å². The Balaban J connectivity index is 2.08. The molecular formula is C11H20N4O2S. The summed E-state index contributed by atoms with van der Waals surface area (Å²) in [5.41, 5.74) is -0.142. The average Bonchev–Trinajstić information content (AvgIpc) is 2.86. The molecule has 0 aliphatic carbocycles. The molecule has 2 rings (SSSR count). The van der Waals surface area contributed by atoms with Crippen LogP contribution in [0.3, 0.4) is 0 Å². The lowest BCUT2D eigenvalue weighted by atomic mass is 10.0. The fourth-order valence-electron chi connectivity index (χ4n) is 2.09. The second kappa shape index (κ2) is 4.64. The zero-order valence-corrected chi connectivity index (χ0v) is 11.8. The molecule has 102 valence electrons. The van der Waals surface area contributed by atoms with Crippen LogP contribution in [0.4, 0.5) is 0 Å². The Morgan fingerprint density at radius 3 is 2.83 bits per heavy atom. The van der Waals surface area contributed by atoms with E-state index in [9.17, 15) is 8.42 Å². The van der Waals surface area contributed by atoms with Gasteiger partial charge in [0.25, 0.3) is 10.0 Å². The highest BCUT2D eigenvalue weighted by atomic mass is 32.2. The van der Waals surface area contributed by atoms with Gasteiger partial charge in [-0.15, -0.1) is 0 Å². The molecule has 0 aromatic carbocycles. The van der Waals surface area contributed by atoms with Crippen LogP contribution in [0, 0.1) is 6.92 Å². The second-order valence-corrected chi connectivity index (χ2v) is 6.87. The van der Waals surface area contributed by atoms with Crippen molar-refractivity contribution in [1.82, 2.24) is 19.6 Å².